The van der Waals surface area contributed by atoms with Gasteiger partial charge >= 0.3 is 0 Å². The number of benzene rings is 1. The topological polar surface area (TPSA) is 42.0 Å². The molecule has 4 heteroatoms. The summed E-state index contributed by atoms with van der Waals surface area (Å²) in [7, 11) is 0. The molecule has 0 spiro atoms. The predicted molar refractivity (Wildman–Crippen MR) is 74.6 cm³/mol. The van der Waals surface area contributed by atoms with Crippen molar-refractivity contribution < 1.29 is 4.79 Å². The van der Waals surface area contributed by atoms with Crippen LogP contribution in [0.15, 0.2) is 48.8 Å². The van der Waals surface area contributed by atoms with Gasteiger partial charge in [-0.1, -0.05) is 12.1 Å². The van der Waals surface area contributed by atoms with Crippen molar-refractivity contribution in [3.63, 3.8) is 0 Å². The minimum atomic E-state index is -0.0492. The van der Waals surface area contributed by atoms with Crippen molar-refractivity contribution in [3.8, 4) is 0 Å². The van der Waals surface area contributed by atoms with Gasteiger partial charge in [0.05, 0.1) is 5.56 Å². The molecule has 0 aliphatic carbocycles. The summed E-state index contributed by atoms with van der Waals surface area (Å²) in [4.78, 5) is 15.8. The van der Waals surface area contributed by atoms with Gasteiger partial charge in [0.2, 0.25) is 0 Å². The Bertz CT molecular complexity index is 514. The first kappa shape index (κ1) is 12.0. The smallest absolute Gasteiger partial charge is 0.252 e. The van der Waals surface area contributed by atoms with Gasteiger partial charge in [-0.2, -0.15) is 0 Å². The molecule has 0 unspecified atom stereocenters. The van der Waals surface area contributed by atoms with E-state index in [4.69, 9.17) is 0 Å². The number of amides is 1. The SMILES string of the molecule is O=C(NCc1ccncc1)c1ccccc1I. The lowest BCUT2D eigenvalue weighted by Gasteiger charge is -2.06. The number of nitrogens with one attached hydrogen (secondary N) is 1. The zero-order valence-corrected chi connectivity index (χ0v) is 11.2. The Morgan fingerprint density at radius 1 is 1.18 bits per heavy atom. The largest absolute Gasteiger partial charge is 0.348 e. The Hall–Kier alpha value is -1.43. The monoisotopic (exact) mass is 338 g/mol. The highest BCUT2D eigenvalue weighted by Gasteiger charge is 2.07. The number of hydrogen-bond acceptors (Lipinski definition) is 2. The van der Waals surface area contributed by atoms with Crippen LogP contribution in [-0.4, -0.2) is 10.9 Å². The maximum Gasteiger partial charge on any atom is 0.252 e. The van der Waals surface area contributed by atoms with E-state index >= 15 is 0 Å². The van der Waals surface area contributed by atoms with E-state index in [0.29, 0.717) is 12.1 Å². The van der Waals surface area contributed by atoms with Gasteiger partial charge in [0, 0.05) is 22.5 Å². The normalized spacial score (nSPS) is 9.94. The van der Waals surface area contributed by atoms with Crippen LogP contribution in [0, 0.1) is 3.57 Å². The van der Waals surface area contributed by atoms with E-state index < -0.39 is 0 Å². The summed E-state index contributed by atoms with van der Waals surface area (Å²) in [5, 5.41) is 2.88. The molecule has 17 heavy (non-hydrogen) atoms. The van der Waals surface area contributed by atoms with Crippen LogP contribution < -0.4 is 5.32 Å². The molecule has 0 aliphatic rings. The molecular formula is C13H11IN2O. The molecule has 0 fully saturated rings. The number of hydrogen-bond donors (Lipinski definition) is 1. The predicted octanol–water partition coefficient (Wildman–Crippen LogP) is 2.62. The molecule has 86 valence electrons. The number of pyridine rings is 1. The van der Waals surface area contributed by atoms with Crippen LogP contribution in [0.2, 0.25) is 0 Å². The van der Waals surface area contributed by atoms with Gasteiger partial charge < -0.3 is 5.32 Å². The Balaban J connectivity index is 2.01. The third-order valence-electron chi connectivity index (χ3n) is 2.32. The number of halogens is 1. The molecule has 0 atom stereocenters. The van der Waals surface area contributed by atoms with Gasteiger partial charge in [0.1, 0.15) is 0 Å². The number of carbonyl (C=O) groups is 1. The molecule has 1 heterocycles. The Morgan fingerprint density at radius 2 is 1.88 bits per heavy atom. The Morgan fingerprint density at radius 3 is 2.59 bits per heavy atom. The molecule has 1 amide bonds. The molecule has 0 saturated heterocycles. The lowest BCUT2D eigenvalue weighted by molar-refractivity contribution is 0.0950. The highest BCUT2D eigenvalue weighted by atomic mass is 127. The van der Waals surface area contributed by atoms with Crippen molar-refractivity contribution in [3.05, 3.63) is 63.5 Å². The second-order valence-electron chi connectivity index (χ2n) is 3.52. The van der Waals surface area contributed by atoms with E-state index in [1.165, 1.54) is 0 Å². The molecule has 1 N–H and O–H groups in total. The molecular weight excluding hydrogens is 327 g/mol. The maximum atomic E-state index is 11.9. The molecule has 1 aromatic carbocycles. The second-order valence-corrected chi connectivity index (χ2v) is 4.68. The van der Waals surface area contributed by atoms with E-state index in [1.54, 1.807) is 12.4 Å². The summed E-state index contributed by atoms with van der Waals surface area (Å²) in [6, 6.07) is 11.3. The third-order valence-corrected chi connectivity index (χ3v) is 3.26. The molecule has 0 bridgehead atoms. The van der Waals surface area contributed by atoms with Gasteiger partial charge in [-0.05, 0) is 52.4 Å². The molecule has 2 rings (SSSR count). The van der Waals surface area contributed by atoms with E-state index in [2.05, 4.69) is 32.9 Å². The number of aromatic nitrogens is 1. The summed E-state index contributed by atoms with van der Waals surface area (Å²) < 4.78 is 0.956. The highest BCUT2D eigenvalue weighted by molar-refractivity contribution is 14.1. The van der Waals surface area contributed by atoms with Crippen molar-refractivity contribution in [2.75, 3.05) is 0 Å². The minimum Gasteiger partial charge on any atom is -0.348 e. The summed E-state index contributed by atoms with van der Waals surface area (Å²) in [5.74, 6) is -0.0492. The van der Waals surface area contributed by atoms with Gasteiger partial charge in [0.15, 0.2) is 0 Å². The molecule has 0 aliphatic heterocycles. The first-order chi connectivity index (χ1) is 8.27. The molecule has 0 saturated carbocycles. The standard InChI is InChI=1S/C13H11IN2O/c14-12-4-2-1-3-11(12)13(17)16-9-10-5-7-15-8-6-10/h1-8H,9H2,(H,16,17). The number of nitrogens with zero attached hydrogens (tertiary/aromatic N) is 1. The quantitative estimate of drug-likeness (QED) is 0.875. The lowest BCUT2D eigenvalue weighted by atomic mass is 10.2. The van der Waals surface area contributed by atoms with Crippen molar-refractivity contribution in [1.29, 1.82) is 0 Å². The van der Waals surface area contributed by atoms with E-state index in [0.717, 1.165) is 9.13 Å². The average Bonchev–Trinajstić information content (AvgIpc) is 2.38. The van der Waals surface area contributed by atoms with Crippen LogP contribution in [0.25, 0.3) is 0 Å². The first-order valence-electron chi connectivity index (χ1n) is 5.19. The molecule has 0 radical (unpaired) electrons. The Kier molecular flexibility index (Phi) is 4.08. The van der Waals surface area contributed by atoms with Crippen molar-refractivity contribution in [2.45, 2.75) is 6.54 Å². The first-order valence-corrected chi connectivity index (χ1v) is 6.27. The van der Waals surface area contributed by atoms with Crippen LogP contribution in [0.4, 0.5) is 0 Å². The van der Waals surface area contributed by atoms with Crippen molar-refractivity contribution in [2.24, 2.45) is 0 Å². The number of carbonyl (C=O) groups excluding carboxylic acids is 1. The van der Waals surface area contributed by atoms with Gasteiger partial charge in [-0.25, -0.2) is 0 Å². The fourth-order valence-corrected chi connectivity index (χ4v) is 2.06. The van der Waals surface area contributed by atoms with Crippen molar-refractivity contribution >= 4 is 28.5 Å². The van der Waals surface area contributed by atoms with Crippen molar-refractivity contribution in [1.82, 2.24) is 10.3 Å². The van der Waals surface area contributed by atoms with E-state index in [9.17, 15) is 4.79 Å². The summed E-state index contributed by atoms with van der Waals surface area (Å²) >= 11 is 2.16. The van der Waals surface area contributed by atoms with Gasteiger partial charge in [-0.3, -0.25) is 9.78 Å². The highest BCUT2D eigenvalue weighted by Crippen LogP contribution is 2.11. The minimum absolute atomic E-state index is 0.0492. The van der Waals surface area contributed by atoms with Gasteiger partial charge in [0.25, 0.3) is 5.91 Å². The van der Waals surface area contributed by atoms with Gasteiger partial charge in [-0.15, -0.1) is 0 Å². The summed E-state index contributed by atoms with van der Waals surface area (Å²) in [6.45, 7) is 0.520. The molecule has 3 nitrogen and oxygen atoms in total. The Labute approximate surface area is 113 Å². The van der Waals surface area contributed by atoms with E-state index in [1.807, 2.05) is 36.4 Å². The fourth-order valence-electron chi connectivity index (χ4n) is 1.42. The summed E-state index contributed by atoms with van der Waals surface area (Å²) in [6.07, 6.45) is 3.43. The van der Waals surface area contributed by atoms with Crippen LogP contribution in [-0.2, 0) is 6.54 Å². The molecule has 2 aromatic rings. The third kappa shape index (κ3) is 3.26. The van der Waals surface area contributed by atoms with Crippen LogP contribution >= 0.6 is 22.6 Å². The average molecular weight is 338 g/mol. The zero-order valence-electron chi connectivity index (χ0n) is 9.06. The zero-order chi connectivity index (χ0) is 12.1. The maximum absolute atomic E-state index is 11.9. The van der Waals surface area contributed by atoms with Crippen LogP contribution in [0.1, 0.15) is 15.9 Å². The second kappa shape index (κ2) is 5.77. The van der Waals surface area contributed by atoms with Crippen LogP contribution in [0.3, 0.4) is 0 Å². The van der Waals surface area contributed by atoms with Crippen LogP contribution in [0.5, 0.6) is 0 Å². The molecule has 1 aromatic heterocycles. The lowest BCUT2D eigenvalue weighted by Crippen LogP contribution is -2.23. The van der Waals surface area contributed by atoms with E-state index in [-0.39, 0.29) is 5.91 Å². The summed E-state index contributed by atoms with van der Waals surface area (Å²) in [5.41, 5.74) is 1.75. The number of rotatable bonds is 3. The fraction of sp³-hybridized carbons (Fsp3) is 0.0769.